The molecular weight excluding hydrogens is 142 g/mol. The Hall–Kier alpha value is -1.65. The van der Waals surface area contributed by atoms with Gasteiger partial charge in [-0.15, -0.1) is 0 Å². The van der Waals surface area contributed by atoms with Crippen molar-refractivity contribution in [3.63, 3.8) is 0 Å². The third-order valence-corrected chi connectivity index (χ3v) is 1.20. The molecule has 0 aromatic carbocycles. The minimum Gasteiger partial charge on any atom is -0.383 e. The zero-order chi connectivity index (χ0) is 8.27. The molecule has 0 saturated carbocycles. The average molecular weight is 151 g/mol. The summed E-state index contributed by atoms with van der Waals surface area (Å²) >= 11 is 0. The summed E-state index contributed by atoms with van der Waals surface area (Å²) in [7, 11) is 1.63. The lowest BCUT2D eigenvalue weighted by Crippen LogP contribution is -2.03. The van der Waals surface area contributed by atoms with Crippen molar-refractivity contribution < 1.29 is 0 Å². The Morgan fingerprint density at radius 3 is 2.36 bits per heavy atom. The van der Waals surface area contributed by atoms with Crippen LogP contribution in [-0.4, -0.2) is 23.2 Å². The molecule has 1 aromatic rings. The maximum atomic E-state index is 5.49. The minimum absolute atomic E-state index is 0.350. The maximum Gasteiger partial charge on any atom is 0.137 e. The normalized spacial score (nSPS) is 10.6. The fourth-order valence-electron chi connectivity index (χ4n) is 0.685. The number of hydrogen-bond donors (Lipinski definition) is 2. The monoisotopic (exact) mass is 151 g/mol. The summed E-state index contributed by atoms with van der Waals surface area (Å²) < 4.78 is 0. The van der Waals surface area contributed by atoms with Crippen molar-refractivity contribution in [3.05, 3.63) is 11.9 Å². The van der Waals surface area contributed by atoms with Crippen LogP contribution in [0.25, 0.3) is 0 Å². The van der Waals surface area contributed by atoms with Crippen LogP contribution in [0.15, 0.2) is 11.3 Å². The summed E-state index contributed by atoms with van der Waals surface area (Å²) in [6.07, 6.45) is 2.85. The Morgan fingerprint density at radius 2 is 1.91 bits per heavy atom. The standard InChI is InChI=1S/C6H9N5/c1-9-2-4-5(7)10-3-11-6(4)8/h2-3H,1H3,(H4,7,8,10,11). The molecule has 0 aliphatic rings. The second-order valence-electron chi connectivity index (χ2n) is 1.95. The highest BCUT2D eigenvalue weighted by molar-refractivity contribution is 5.90. The van der Waals surface area contributed by atoms with E-state index in [2.05, 4.69) is 15.0 Å². The van der Waals surface area contributed by atoms with Crippen LogP contribution in [0.3, 0.4) is 0 Å². The van der Waals surface area contributed by atoms with Gasteiger partial charge in [0, 0.05) is 13.3 Å². The summed E-state index contributed by atoms with van der Waals surface area (Å²) in [6.45, 7) is 0. The molecule has 0 atom stereocenters. The summed E-state index contributed by atoms with van der Waals surface area (Å²) in [5, 5.41) is 0. The van der Waals surface area contributed by atoms with Crippen molar-refractivity contribution in [2.75, 3.05) is 18.5 Å². The van der Waals surface area contributed by atoms with Crippen molar-refractivity contribution in [3.8, 4) is 0 Å². The lowest BCUT2D eigenvalue weighted by Gasteiger charge is -1.99. The summed E-state index contributed by atoms with van der Waals surface area (Å²) in [5.41, 5.74) is 11.5. The number of aromatic nitrogens is 2. The zero-order valence-electron chi connectivity index (χ0n) is 6.15. The molecule has 58 valence electrons. The van der Waals surface area contributed by atoms with Gasteiger partial charge in [-0.25, -0.2) is 9.97 Å². The minimum atomic E-state index is 0.350. The van der Waals surface area contributed by atoms with Crippen molar-refractivity contribution in [2.45, 2.75) is 0 Å². The fourth-order valence-corrected chi connectivity index (χ4v) is 0.685. The van der Waals surface area contributed by atoms with Gasteiger partial charge >= 0.3 is 0 Å². The maximum absolute atomic E-state index is 5.49. The molecule has 0 radical (unpaired) electrons. The van der Waals surface area contributed by atoms with Gasteiger partial charge in [-0.1, -0.05) is 0 Å². The van der Waals surface area contributed by atoms with Gasteiger partial charge in [-0.3, -0.25) is 4.99 Å². The summed E-state index contributed by atoms with van der Waals surface area (Å²) in [6, 6.07) is 0. The molecule has 0 bridgehead atoms. The van der Waals surface area contributed by atoms with Crippen LogP contribution in [0.2, 0.25) is 0 Å². The van der Waals surface area contributed by atoms with Gasteiger partial charge in [-0.05, 0) is 0 Å². The smallest absolute Gasteiger partial charge is 0.137 e. The Labute approximate surface area is 64.2 Å². The van der Waals surface area contributed by atoms with Crippen molar-refractivity contribution in [1.29, 1.82) is 0 Å². The number of aliphatic imine (C=N–C) groups is 1. The number of hydrogen-bond acceptors (Lipinski definition) is 5. The third-order valence-electron chi connectivity index (χ3n) is 1.20. The second-order valence-corrected chi connectivity index (χ2v) is 1.95. The Balaban J connectivity index is 3.20. The van der Waals surface area contributed by atoms with Crippen LogP contribution in [0.5, 0.6) is 0 Å². The van der Waals surface area contributed by atoms with E-state index in [4.69, 9.17) is 11.5 Å². The molecule has 11 heavy (non-hydrogen) atoms. The van der Waals surface area contributed by atoms with Gasteiger partial charge in [0.15, 0.2) is 0 Å². The van der Waals surface area contributed by atoms with E-state index in [1.807, 2.05) is 0 Å². The van der Waals surface area contributed by atoms with E-state index in [1.54, 1.807) is 7.05 Å². The zero-order valence-corrected chi connectivity index (χ0v) is 6.15. The molecule has 1 heterocycles. The van der Waals surface area contributed by atoms with Gasteiger partial charge < -0.3 is 11.5 Å². The van der Waals surface area contributed by atoms with Crippen LogP contribution < -0.4 is 11.5 Å². The highest BCUT2D eigenvalue weighted by Gasteiger charge is 2.01. The van der Waals surface area contributed by atoms with Gasteiger partial charge in [0.05, 0.1) is 5.56 Å². The fraction of sp³-hybridized carbons (Fsp3) is 0.167. The predicted octanol–water partition coefficient (Wildman–Crippen LogP) is -0.310. The summed E-state index contributed by atoms with van der Waals surface area (Å²) in [5.74, 6) is 0.700. The van der Waals surface area contributed by atoms with E-state index in [0.717, 1.165) is 0 Å². The van der Waals surface area contributed by atoms with Crippen LogP contribution >= 0.6 is 0 Å². The molecule has 1 rings (SSSR count). The molecule has 5 nitrogen and oxygen atoms in total. The second kappa shape index (κ2) is 2.96. The van der Waals surface area contributed by atoms with E-state index >= 15 is 0 Å². The highest BCUT2D eigenvalue weighted by atomic mass is 15.0. The van der Waals surface area contributed by atoms with Crippen LogP contribution in [0.1, 0.15) is 5.56 Å². The molecule has 0 aliphatic carbocycles. The molecule has 0 aliphatic heterocycles. The number of rotatable bonds is 1. The molecule has 0 saturated heterocycles. The Kier molecular flexibility index (Phi) is 2.00. The SMILES string of the molecule is CN=Cc1c(N)ncnc1N. The Bertz CT molecular complexity index is 260. The highest BCUT2D eigenvalue weighted by Crippen LogP contribution is 2.09. The number of nitrogen functional groups attached to an aromatic ring is 2. The van der Waals surface area contributed by atoms with Crippen molar-refractivity contribution in [1.82, 2.24) is 9.97 Å². The first-order valence-corrected chi connectivity index (χ1v) is 3.04. The van der Waals surface area contributed by atoms with Gasteiger partial charge in [0.25, 0.3) is 0 Å². The molecular formula is C6H9N5. The van der Waals surface area contributed by atoms with E-state index < -0.39 is 0 Å². The van der Waals surface area contributed by atoms with E-state index in [0.29, 0.717) is 17.2 Å². The lowest BCUT2D eigenvalue weighted by molar-refractivity contribution is 1.18. The van der Waals surface area contributed by atoms with Gasteiger partial charge in [-0.2, -0.15) is 0 Å². The largest absolute Gasteiger partial charge is 0.383 e. The molecule has 4 N–H and O–H groups in total. The van der Waals surface area contributed by atoms with Crippen molar-refractivity contribution in [2.24, 2.45) is 4.99 Å². The number of anilines is 2. The van der Waals surface area contributed by atoms with E-state index in [1.165, 1.54) is 12.5 Å². The molecule has 0 spiro atoms. The van der Waals surface area contributed by atoms with Crippen molar-refractivity contribution >= 4 is 17.9 Å². The van der Waals surface area contributed by atoms with Crippen LogP contribution in [0, 0.1) is 0 Å². The molecule has 0 amide bonds. The topological polar surface area (TPSA) is 90.2 Å². The number of nitrogens with two attached hydrogens (primary N) is 2. The third kappa shape index (κ3) is 1.43. The van der Waals surface area contributed by atoms with E-state index in [-0.39, 0.29) is 0 Å². The predicted molar refractivity (Wildman–Crippen MR) is 44.4 cm³/mol. The first-order valence-electron chi connectivity index (χ1n) is 3.04. The quantitative estimate of drug-likeness (QED) is 0.538. The first-order chi connectivity index (χ1) is 5.25. The molecule has 1 aromatic heterocycles. The van der Waals surface area contributed by atoms with Crippen LogP contribution in [-0.2, 0) is 0 Å². The Morgan fingerprint density at radius 1 is 1.36 bits per heavy atom. The van der Waals surface area contributed by atoms with E-state index in [9.17, 15) is 0 Å². The molecule has 0 unspecified atom stereocenters. The molecule has 5 heteroatoms. The lowest BCUT2D eigenvalue weighted by atomic mass is 10.3. The molecule has 0 fully saturated rings. The number of nitrogens with zero attached hydrogens (tertiary/aromatic N) is 3. The first kappa shape index (κ1) is 7.46. The van der Waals surface area contributed by atoms with Crippen LogP contribution in [0.4, 0.5) is 11.6 Å². The van der Waals surface area contributed by atoms with Gasteiger partial charge in [0.1, 0.15) is 18.0 Å². The average Bonchev–Trinajstić information content (AvgIpc) is 1.97. The summed E-state index contributed by atoms with van der Waals surface area (Å²) in [4.78, 5) is 11.3. The van der Waals surface area contributed by atoms with Gasteiger partial charge in [0.2, 0.25) is 0 Å².